The summed E-state index contributed by atoms with van der Waals surface area (Å²) in [5.74, 6) is -0.460. The molecular weight excluding hydrogens is 450 g/mol. The Kier molecular flexibility index (Phi) is 6.69. The second-order valence-corrected chi connectivity index (χ2v) is 9.41. The molecular formula is C30H29N3O3. The van der Waals surface area contributed by atoms with E-state index in [1.165, 1.54) is 0 Å². The molecule has 0 radical (unpaired) electrons. The first kappa shape index (κ1) is 23.6. The Bertz CT molecular complexity index is 1370. The van der Waals surface area contributed by atoms with Crippen molar-refractivity contribution < 1.29 is 14.7 Å². The zero-order valence-electron chi connectivity index (χ0n) is 19.8. The maximum absolute atomic E-state index is 13.6. The van der Waals surface area contributed by atoms with Gasteiger partial charge in [0.25, 0.3) is 0 Å². The zero-order chi connectivity index (χ0) is 25.1. The van der Waals surface area contributed by atoms with Gasteiger partial charge in [0.1, 0.15) is 6.04 Å². The summed E-state index contributed by atoms with van der Waals surface area (Å²) in [5.41, 5.74) is 9.67. The van der Waals surface area contributed by atoms with Gasteiger partial charge in [-0.2, -0.15) is 0 Å². The highest BCUT2D eigenvalue weighted by Gasteiger charge is 2.35. The van der Waals surface area contributed by atoms with Crippen LogP contribution in [0.2, 0.25) is 0 Å². The number of hydrogen-bond acceptors (Lipinski definition) is 3. The van der Waals surface area contributed by atoms with Crippen molar-refractivity contribution in [3.05, 3.63) is 114 Å². The summed E-state index contributed by atoms with van der Waals surface area (Å²) >= 11 is 0. The van der Waals surface area contributed by atoms with Crippen molar-refractivity contribution in [2.75, 3.05) is 5.32 Å². The number of anilines is 1. The van der Waals surface area contributed by atoms with E-state index in [0.29, 0.717) is 18.0 Å². The van der Waals surface area contributed by atoms with Gasteiger partial charge < -0.3 is 21.5 Å². The van der Waals surface area contributed by atoms with Gasteiger partial charge in [0.2, 0.25) is 5.91 Å². The lowest BCUT2D eigenvalue weighted by Crippen LogP contribution is -2.47. The normalized spacial score (nSPS) is 18.2. The number of amides is 2. The van der Waals surface area contributed by atoms with Gasteiger partial charge >= 0.3 is 6.09 Å². The highest BCUT2D eigenvalue weighted by atomic mass is 16.4. The molecule has 1 aliphatic carbocycles. The molecule has 36 heavy (non-hydrogen) atoms. The van der Waals surface area contributed by atoms with E-state index in [2.05, 4.69) is 10.6 Å². The van der Waals surface area contributed by atoms with Crippen LogP contribution in [0, 0.1) is 0 Å². The fourth-order valence-corrected chi connectivity index (χ4v) is 4.96. The van der Waals surface area contributed by atoms with E-state index in [-0.39, 0.29) is 6.04 Å². The SMILES string of the molecule is NC1CC1c1ccc(NC(=O)C(NC(=O)O)C(Cc2ccccc2)c2cccc3ccccc23)cc1. The van der Waals surface area contributed by atoms with Crippen LogP contribution in [-0.2, 0) is 11.2 Å². The molecule has 6 nitrogen and oxygen atoms in total. The van der Waals surface area contributed by atoms with Gasteiger partial charge in [-0.3, -0.25) is 4.79 Å². The molecule has 4 unspecified atom stereocenters. The van der Waals surface area contributed by atoms with Crippen molar-refractivity contribution in [2.45, 2.75) is 36.8 Å². The van der Waals surface area contributed by atoms with Gasteiger partial charge in [-0.15, -0.1) is 0 Å². The number of carbonyl (C=O) groups is 2. The molecule has 0 aromatic heterocycles. The Morgan fingerprint density at radius 3 is 2.25 bits per heavy atom. The van der Waals surface area contributed by atoms with Gasteiger partial charge in [0.15, 0.2) is 0 Å². The van der Waals surface area contributed by atoms with E-state index in [4.69, 9.17) is 5.73 Å². The summed E-state index contributed by atoms with van der Waals surface area (Å²) in [6.45, 7) is 0. The number of fused-ring (bicyclic) bond motifs is 1. The van der Waals surface area contributed by atoms with Crippen LogP contribution >= 0.6 is 0 Å². The molecule has 182 valence electrons. The maximum Gasteiger partial charge on any atom is 0.405 e. The predicted octanol–water partition coefficient (Wildman–Crippen LogP) is 5.26. The molecule has 1 saturated carbocycles. The largest absolute Gasteiger partial charge is 0.465 e. The van der Waals surface area contributed by atoms with E-state index >= 15 is 0 Å². The third-order valence-electron chi connectivity index (χ3n) is 6.93. The number of nitrogens with two attached hydrogens (primary N) is 1. The number of benzene rings is 4. The third-order valence-corrected chi connectivity index (χ3v) is 6.93. The lowest BCUT2D eigenvalue weighted by molar-refractivity contribution is -0.118. The van der Waals surface area contributed by atoms with Crippen LogP contribution in [0.4, 0.5) is 10.5 Å². The van der Waals surface area contributed by atoms with Gasteiger partial charge in [-0.1, -0.05) is 84.9 Å². The molecule has 0 aliphatic heterocycles. The Morgan fingerprint density at radius 1 is 0.889 bits per heavy atom. The van der Waals surface area contributed by atoms with Crippen molar-refractivity contribution in [2.24, 2.45) is 5.73 Å². The highest BCUT2D eigenvalue weighted by Crippen LogP contribution is 2.39. The molecule has 4 aromatic rings. The molecule has 1 aliphatic rings. The van der Waals surface area contributed by atoms with Crippen LogP contribution < -0.4 is 16.4 Å². The molecule has 0 spiro atoms. The Labute approximate surface area is 210 Å². The lowest BCUT2D eigenvalue weighted by atomic mass is 9.83. The van der Waals surface area contributed by atoms with Gasteiger partial charge in [-0.05, 0) is 52.4 Å². The van der Waals surface area contributed by atoms with E-state index in [1.807, 2.05) is 97.1 Å². The van der Waals surface area contributed by atoms with Crippen molar-refractivity contribution in [3.8, 4) is 0 Å². The minimum atomic E-state index is -1.24. The van der Waals surface area contributed by atoms with Crippen LogP contribution in [0.5, 0.6) is 0 Å². The fourth-order valence-electron chi connectivity index (χ4n) is 4.96. The molecule has 5 rings (SSSR count). The number of nitrogens with one attached hydrogen (secondary N) is 2. The monoisotopic (exact) mass is 479 g/mol. The summed E-state index contributed by atoms with van der Waals surface area (Å²) in [5, 5.41) is 17.2. The van der Waals surface area contributed by atoms with Crippen molar-refractivity contribution >= 4 is 28.5 Å². The minimum absolute atomic E-state index is 0.203. The summed E-state index contributed by atoms with van der Waals surface area (Å²) in [7, 11) is 0. The Balaban J connectivity index is 1.50. The van der Waals surface area contributed by atoms with E-state index in [1.54, 1.807) is 0 Å². The minimum Gasteiger partial charge on any atom is -0.465 e. The second-order valence-electron chi connectivity index (χ2n) is 9.41. The highest BCUT2D eigenvalue weighted by molar-refractivity contribution is 5.98. The van der Waals surface area contributed by atoms with Crippen molar-refractivity contribution in [1.82, 2.24) is 5.32 Å². The van der Waals surface area contributed by atoms with Gasteiger partial charge in [0, 0.05) is 23.6 Å². The van der Waals surface area contributed by atoms with Crippen LogP contribution in [0.1, 0.15) is 34.9 Å². The summed E-state index contributed by atoms with van der Waals surface area (Å²) in [4.78, 5) is 25.5. The average Bonchev–Trinajstić information content (AvgIpc) is 3.63. The summed E-state index contributed by atoms with van der Waals surface area (Å²) in [6.07, 6.45) is 0.223. The molecule has 0 heterocycles. The van der Waals surface area contributed by atoms with E-state index in [9.17, 15) is 14.7 Å². The van der Waals surface area contributed by atoms with Crippen molar-refractivity contribution in [1.29, 1.82) is 0 Å². The Hall–Kier alpha value is -4.16. The van der Waals surface area contributed by atoms with E-state index < -0.39 is 24.0 Å². The molecule has 2 amide bonds. The summed E-state index contributed by atoms with van der Waals surface area (Å²) < 4.78 is 0. The van der Waals surface area contributed by atoms with Crippen molar-refractivity contribution in [3.63, 3.8) is 0 Å². The van der Waals surface area contributed by atoms with Gasteiger partial charge in [-0.25, -0.2) is 4.79 Å². The lowest BCUT2D eigenvalue weighted by Gasteiger charge is -2.28. The first-order valence-corrected chi connectivity index (χ1v) is 12.2. The topological polar surface area (TPSA) is 104 Å². The first-order chi connectivity index (χ1) is 17.5. The molecule has 5 N–H and O–H groups in total. The first-order valence-electron chi connectivity index (χ1n) is 12.2. The van der Waals surface area contributed by atoms with Crippen LogP contribution in [0.3, 0.4) is 0 Å². The standard InChI is InChI=1S/C30H29N3O3/c31-27-18-25(27)21-13-15-22(16-14-21)32-29(34)28(33-30(35)36)26(17-19-7-2-1-3-8-19)24-12-6-10-20-9-4-5-11-23(20)24/h1-16,25-28,33H,17-18,31H2,(H,32,34)(H,35,36). The molecule has 0 saturated heterocycles. The quantitative estimate of drug-likeness (QED) is 0.277. The van der Waals surface area contributed by atoms with Crippen LogP contribution in [-0.4, -0.2) is 29.2 Å². The number of hydrogen-bond donors (Lipinski definition) is 4. The molecule has 1 fully saturated rings. The molecule has 0 bridgehead atoms. The average molecular weight is 480 g/mol. The number of carboxylic acid groups (broad SMARTS) is 1. The van der Waals surface area contributed by atoms with E-state index in [0.717, 1.165) is 33.9 Å². The molecule has 4 aromatic carbocycles. The third kappa shape index (κ3) is 5.24. The predicted molar refractivity (Wildman–Crippen MR) is 142 cm³/mol. The van der Waals surface area contributed by atoms with Crippen LogP contribution in [0.25, 0.3) is 10.8 Å². The smallest absolute Gasteiger partial charge is 0.405 e. The molecule has 6 heteroatoms. The maximum atomic E-state index is 13.6. The van der Waals surface area contributed by atoms with Gasteiger partial charge in [0.05, 0.1) is 0 Å². The zero-order valence-corrected chi connectivity index (χ0v) is 19.8. The Morgan fingerprint density at radius 2 is 1.56 bits per heavy atom. The molecule has 4 atom stereocenters. The second kappa shape index (κ2) is 10.2. The fraction of sp³-hybridized carbons (Fsp3) is 0.200. The van der Waals surface area contributed by atoms with Crippen LogP contribution in [0.15, 0.2) is 97.1 Å². The summed E-state index contributed by atoms with van der Waals surface area (Å²) in [6, 6.07) is 30.6. The number of rotatable bonds is 8. The number of carbonyl (C=O) groups excluding carboxylic acids is 1.